The van der Waals surface area contributed by atoms with E-state index >= 15 is 0 Å². The van der Waals surface area contributed by atoms with Gasteiger partial charge in [0.15, 0.2) is 5.03 Å². The molecule has 9 nitrogen and oxygen atoms in total. The van der Waals surface area contributed by atoms with E-state index in [1.165, 1.54) is 0 Å². The second kappa shape index (κ2) is 7.40. The molecule has 16 heavy (non-hydrogen) atoms. The number of nitrogens with one attached hydrogen (secondary N) is 2. The van der Waals surface area contributed by atoms with Gasteiger partial charge in [-0.05, 0) is 19.9 Å². The first-order valence-corrected chi connectivity index (χ1v) is 4.58. The number of rotatable bonds is 7. The average molecular weight is 233 g/mol. The summed E-state index contributed by atoms with van der Waals surface area (Å²) in [6.45, 7) is 0.234. The van der Waals surface area contributed by atoms with E-state index in [0.29, 0.717) is 12.8 Å². The monoisotopic (exact) mass is 233 g/mol. The Morgan fingerprint density at radius 1 is 1.69 bits per heavy atom. The van der Waals surface area contributed by atoms with Gasteiger partial charge in [0.25, 0.3) is 5.96 Å². The highest BCUT2D eigenvalue weighted by Gasteiger charge is 2.13. The summed E-state index contributed by atoms with van der Waals surface area (Å²) in [4.78, 5) is 24.2. The van der Waals surface area contributed by atoms with Crippen LogP contribution in [-0.2, 0) is 4.79 Å². The summed E-state index contributed by atoms with van der Waals surface area (Å²) in [7, 11) is 1.55. The lowest BCUT2D eigenvalue weighted by atomic mass is 10.1. The molecule has 9 heteroatoms. The third-order valence-electron chi connectivity index (χ3n) is 1.79. The Morgan fingerprint density at radius 3 is 2.75 bits per heavy atom. The van der Waals surface area contributed by atoms with E-state index in [0.717, 1.165) is 0 Å². The maximum Gasteiger partial charge on any atom is 0.320 e. The molecule has 0 aromatic heterocycles. The van der Waals surface area contributed by atoms with E-state index in [2.05, 4.69) is 10.3 Å². The number of aliphatic imine (C=N–C) groups is 1. The third kappa shape index (κ3) is 6.54. The zero-order valence-corrected chi connectivity index (χ0v) is 8.84. The maximum absolute atomic E-state index is 10.6. The largest absolute Gasteiger partial charge is 0.480 e. The van der Waals surface area contributed by atoms with Crippen LogP contribution in [0.2, 0.25) is 0 Å². The highest BCUT2D eigenvalue weighted by molar-refractivity contribution is 5.76. The Labute approximate surface area is 91.8 Å². The van der Waals surface area contributed by atoms with Crippen molar-refractivity contribution in [2.24, 2.45) is 10.7 Å². The van der Waals surface area contributed by atoms with Gasteiger partial charge in [0.05, 0.1) is 0 Å². The van der Waals surface area contributed by atoms with Gasteiger partial charge in [-0.15, -0.1) is 0 Å². The zero-order chi connectivity index (χ0) is 12.6. The fourth-order valence-electron chi connectivity index (χ4n) is 1.02. The van der Waals surface area contributed by atoms with E-state index in [1.54, 1.807) is 12.5 Å². The quantitative estimate of drug-likeness (QED) is 0.138. The van der Waals surface area contributed by atoms with E-state index in [4.69, 9.17) is 10.8 Å². The molecule has 0 saturated carbocycles. The van der Waals surface area contributed by atoms with Gasteiger partial charge in [-0.25, -0.2) is 15.1 Å². The summed E-state index contributed by atoms with van der Waals surface area (Å²) in [5.74, 6) is -1.23. The van der Waals surface area contributed by atoms with Crippen molar-refractivity contribution in [3.05, 3.63) is 10.1 Å². The van der Waals surface area contributed by atoms with Crippen LogP contribution in [0.4, 0.5) is 0 Å². The van der Waals surface area contributed by atoms with Crippen molar-refractivity contribution in [2.75, 3.05) is 13.6 Å². The Kier molecular flexibility index (Phi) is 6.52. The molecule has 0 rings (SSSR count). The molecular formula is C7H15N5O4. The van der Waals surface area contributed by atoms with E-state index < -0.39 is 17.0 Å². The molecule has 0 aromatic carbocycles. The number of nitro groups is 1. The van der Waals surface area contributed by atoms with Crippen LogP contribution in [0.15, 0.2) is 4.99 Å². The van der Waals surface area contributed by atoms with Crippen molar-refractivity contribution in [1.82, 2.24) is 10.7 Å². The first-order valence-electron chi connectivity index (χ1n) is 4.58. The second-order valence-corrected chi connectivity index (χ2v) is 2.96. The second-order valence-electron chi connectivity index (χ2n) is 2.96. The predicted octanol–water partition coefficient (Wildman–Crippen LogP) is -1.46. The van der Waals surface area contributed by atoms with Crippen LogP contribution in [-0.4, -0.2) is 41.7 Å². The lowest BCUT2D eigenvalue weighted by Gasteiger charge is -2.09. The molecule has 1 atom stereocenters. The summed E-state index contributed by atoms with van der Waals surface area (Å²) in [5, 5.41) is 20.4. The van der Waals surface area contributed by atoms with Gasteiger partial charge < -0.3 is 16.2 Å². The zero-order valence-electron chi connectivity index (χ0n) is 8.84. The number of hydrogen-bond donors (Lipinski definition) is 4. The van der Waals surface area contributed by atoms with E-state index in [9.17, 15) is 14.9 Å². The predicted molar refractivity (Wildman–Crippen MR) is 56.3 cm³/mol. The Hall–Kier alpha value is -1.90. The molecule has 0 unspecified atom stereocenters. The molecule has 0 aliphatic carbocycles. The lowest BCUT2D eigenvalue weighted by Crippen LogP contribution is -2.36. The van der Waals surface area contributed by atoms with Crippen LogP contribution >= 0.6 is 0 Å². The van der Waals surface area contributed by atoms with Crippen LogP contribution in [0.5, 0.6) is 0 Å². The van der Waals surface area contributed by atoms with Crippen molar-refractivity contribution in [2.45, 2.75) is 18.9 Å². The highest BCUT2D eigenvalue weighted by Crippen LogP contribution is 1.97. The molecule has 0 saturated heterocycles. The van der Waals surface area contributed by atoms with Gasteiger partial charge in [0.1, 0.15) is 6.04 Å². The minimum absolute atomic E-state index is 0.234. The Balaban J connectivity index is 3.81. The van der Waals surface area contributed by atoms with Gasteiger partial charge in [-0.2, -0.15) is 0 Å². The number of carboxylic acid groups (broad SMARTS) is 1. The van der Waals surface area contributed by atoms with E-state index in [1.807, 2.05) is 0 Å². The fraction of sp³-hybridized carbons (Fsp3) is 0.714. The molecular weight excluding hydrogens is 218 g/mol. The maximum atomic E-state index is 10.6. The van der Waals surface area contributed by atoms with Gasteiger partial charge in [0, 0.05) is 6.54 Å². The van der Waals surface area contributed by atoms with Gasteiger partial charge in [-0.1, -0.05) is 5.43 Å². The molecule has 0 aromatic rings. The normalized spacial score (nSPS) is 13.2. The van der Waals surface area contributed by atoms with Gasteiger partial charge in [0.2, 0.25) is 0 Å². The number of nitrogens with two attached hydrogens (primary N) is 1. The summed E-state index contributed by atoms with van der Waals surface area (Å²) in [6.07, 6.45) is 0.846. The summed E-state index contributed by atoms with van der Waals surface area (Å²) >= 11 is 0. The van der Waals surface area contributed by atoms with Crippen molar-refractivity contribution in [3.8, 4) is 0 Å². The van der Waals surface area contributed by atoms with Crippen LogP contribution in [0, 0.1) is 10.1 Å². The number of carboxylic acids is 1. The smallest absolute Gasteiger partial charge is 0.320 e. The topological polar surface area (TPSA) is 143 Å². The van der Waals surface area contributed by atoms with Crippen LogP contribution in [0.1, 0.15) is 12.8 Å². The summed E-state index contributed by atoms with van der Waals surface area (Å²) in [5.41, 5.74) is 6.83. The number of likely N-dealkylation sites (N-methyl/N-ethyl adjacent to an activating group) is 1. The van der Waals surface area contributed by atoms with Crippen molar-refractivity contribution in [1.29, 1.82) is 0 Å². The minimum Gasteiger partial charge on any atom is -0.480 e. The summed E-state index contributed by atoms with van der Waals surface area (Å²) in [6, 6.07) is -0.639. The molecule has 0 fully saturated rings. The molecule has 92 valence electrons. The summed E-state index contributed by atoms with van der Waals surface area (Å²) < 4.78 is 0. The van der Waals surface area contributed by atoms with Crippen LogP contribution in [0.3, 0.4) is 0 Å². The molecule has 5 N–H and O–H groups in total. The fourth-order valence-corrected chi connectivity index (χ4v) is 1.02. The average Bonchev–Trinajstić information content (AvgIpc) is 2.16. The molecule has 0 aliphatic heterocycles. The molecule has 0 bridgehead atoms. The number of hydrogen-bond acceptors (Lipinski definition) is 5. The van der Waals surface area contributed by atoms with Crippen LogP contribution in [0.25, 0.3) is 0 Å². The third-order valence-corrected chi connectivity index (χ3v) is 1.79. The standard InChI is InChI=1S/C7H15N5O4/c1-9-5(6(13)14)3-2-4-10-7(8)11-12(15)16/h5,9H,2-4H2,1H3,(H,13,14)(H3,8,10,11)/t5-/m0/s1. The lowest BCUT2D eigenvalue weighted by molar-refractivity contribution is -0.525. The van der Waals surface area contributed by atoms with Gasteiger partial charge >= 0.3 is 5.97 Å². The number of carbonyl (C=O) groups is 1. The van der Waals surface area contributed by atoms with Crippen LogP contribution < -0.4 is 16.5 Å². The Bertz CT molecular complexity index is 280. The Morgan fingerprint density at radius 2 is 2.31 bits per heavy atom. The molecule has 0 spiro atoms. The number of nitrogens with zero attached hydrogens (tertiary/aromatic N) is 2. The van der Waals surface area contributed by atoms with Gasteiger partial charge in [-0.3, -0.25) is 4.79 Å². The highest BCUT2D eigenvalue weighted by atomic mass is 16.7. The minimum atomic E-state index is -0.942. The van der Waals surface area contributed by atoms with E-state index in [-0.39, 0.29) is 12.5 Å². The SMILES string of the molecule is CN[C@@H](CCCN=C(N)N[N+](=O)[O-])C(=O)O. The van der Waals surface area contributed by atoms with Crippen molar-refractivity contribution in [3.63, 3.8) is 0 Å². The molecule has 0 heterocycles. The molecule has 0 aliphatic rings. The first-order chi connectivity index (χ1) is 7.47. The number of guanidine groups is 1. The number of hydrazine groups is 1. The van der Waals surface area contributed by atoms with Crippen molar-refractivity contribution >= 4 is 11.9 Å². The van der Waals surface area contributed by atoms with Crippen molar-refractivity contribution < 1.29 is 14.9 Å². The molecule has 0 radical (unpaired) electrons. The first kappa shape index (κ1) is 14.1. The molecule has 0 amide bonds. The number of aliphatic carboxylic acids is 1.